The highest BCUT2D eigenvalue weighted by atomic mass is 16.2. The van der Waals surface area contributed by atoms with Gasteiger partial charge in [-0.05, 0) is 48.7 Å². The molecular formula is C19H21N3O2. The van der Waals surface area contributed by atoms with E-state index in [1.807, 2.05) is 44.2 Å². The topological polar surface area (TPSA) is 62.3 Å². The smallest absolute Gasteiger partial charge is 0.233 e. The first-order valence-electron chi connectivity index (χ1n) is 8.08. The summed E-state index contributed by atoms with van der Waals surface area (Å²) in [7, 11) is 0. The summed E-state index contributed by atoms with van der Waals surface area (Å²) in [6.45, 7) is 5.29. The lowest BCUT2D eigenvalue weighted by Crippen LogP contribution is -2.49. The molecule has 1 aromatic heterocycles. The number of likely N-dealkylation sites (tertiary alicyclic amines) is 1. The quantitative estimate of drug-likeness (QED) is 0.880. The zero-order chi connectivity index (χ0) is 17.1. The number of rotatable bonds is 4. The van der Waals surface area contributed by atoms with Gasteiger partial charge < -0.3 is 10.2 Å². The second kappa shape index (κ2) is 6.83. The Morgan fingerprint density at radius 1 is 1.17 bits per heavy atom. The molecule has 1 aliphatic rings. The van der Waals surface area contributed by atoms with E-state index in [4.69, 9.17) is 0 Å². The lowest BCUT2D eigenvalue weighted by atomic mass is 9.92. The lowest BCUT2D eigenvalue weighted by molar-refractivity contribution is -0.138. The molecule has 24 heavy (non-hydrogen) atoms. The molecule has 1 saturated heterocycles. The van der Waals surface area contributed by atoms with Crippen LogP contribution >= 0.6 is 0 Å². The SMILES string of the molecule is Cc1cccc(NC(=O)CC(=O)N2CC(c3ccncc3)C2)c1C. The third-order valence-electron chi connectivity index (χ3n) is 4.60. The van der Waals surface area contributed by atoms with Gasteiger partial charge in [0.1, 0.15) is 6.42 Å². The van der Waals surface area contributed by atoms with E-state index in [1.165, 1.54) is 5.56 Å². The van der Waals surface area contributed by atoms with E-state index in [0.29, 0.717) is 19.0 Å². The summed E-state index contributed by atoms with van der Waals surface area (Å²) in [4.78, 5) is 30.1. The van der Waals surface area contributed by atoms with E-state index < -0.39 is 0 Å². The van der Waals surface area contributed by atoms with Crippen LogP contribution in [0.4, 0.5) is 5.69 Å². The number of pyridine rings is 1. The molecule has 0 bridgehead atoms. The minimum absolute atomic E-state index is 0.115. The first-order valence-corrected chi connectivity index (χ1v) is 8.08. The second-order valence-corrected chi connectivity index (χ2v) is 6.25. The van der Waals surface area contributed by atoms with Crippen molar-refractivity contribution in [3.63, 3.8) is 0 Å². The zero-order valence-electron chi connectivity index (χ0n) is 14.0. The van der Waals surface area contributed by atoms with Gasteiger partial charge in [-0.2, -0.15) is 0 Å². The van der Waals surface area contributed by atoms with Crippen LogP contribution in [0, 0.1) is 13.8 Å². The van der Waals surface area contributed by atoms with E-state index in [9.17, 15) is 9.59 Å². The normalized spacial score (nSPS) is 14.2. The van der Waals surface area contributed by atoms with E-state index in [2.05, 4.69) is 10.3 Å². The average Bonchev–Trinajstić information content (AvgIpc) is 2.51. The third kappa shape index (κ3) is 3.45. The number of aromatic nitrogens is 1. The van der Waals surface area contributed by atoms with Crippen LogP contribution in [0.1, 0.15) is 29.0 Å². The standard InChI is InChI=1S/C19H21N3O2/c1-13-4-3-5-17(14(13)2)21-18(23)10-19(24)22-11-16(12-22)15-6-8-20-9-7-15/h3-9,16H,10-12H2,1-2H3,(H,21,23). The van der Waals surface area contributed by atoms with Crippen molar-refractivity contribution in [3.05, 3.63) is 59.4 Å². The van der Waals surface area contributed by atoms with Gasteiger partial charge in [0.25, 0.3) is 0 Å². The first-order chi connectivity index (χ1) is 11.5. The lowest BCUT2D eigenvalue weighted by Gasteiger charge is -2.39. The predicted molar refractivity (Wildman–Crippen MR) is 92.7 cm³/mol. The zero-order valence-corrected chi connectivity index (χ0v) is 14.0. The number of nitrogens with one attached hydrogen (secondary N) is 1. The second-order valence-electron chi connectivity index (χ2n) is 6.25. The van der Waals surface area contributed by atoms with Gasteiger partial charge in [0.05, 0.1) is 0 Å². The highest BCUT2D eigenvalue weighted by molar-refractivity contribution is 6.04. The molecule has 1 aliphatic heterocycles. The minimum atomic E-state index is -0.263. The highest BCUT2D eigenvalue weighted by Gasteiger charge is 2.32. The van der Waals surface area contributed by atoms with Crippen LogP contribution in [0.2, 0.25) is 0 Å². The van der Waals surface area contributed by atoms with Crippen molar-refractivity contribution in [2.75, 3.05) is 18.4 Å². The van der Waals surface area contributed by atoms with Crippen molar-refractivity contribution < 1.29 is 9.59 Å². The number of hydrogen-bond donors (Lipinski definition) is 1. The van der Waals surface area contributed by atoms with Crippen molar-refractivity contribution in [1.29, 1.82) is 0 Å². The summed E-state index contributed by atoms with van der Waals surface area (Å²) in [6, 6.07) is 9.69. The Morgan fingerprint density at radius 3 is 2.58 bits per heavy atom. The number of aryl methyl sites for hydroxylation is 1. The van der Waals surface area contributed by atoms with Gasteiger partial charge in [-0.25, -0.2) is 0 Å². The molecule has 0 unspecified atom stereocenters. The van der Waals surface area contributed by atoms with Crippen molar-refractivity contribution >= 4 is 17.5 Å². The molecule has 2 aromatic rings. The van der Waals surface area contributed by atoms with Gasteiger partial charge in [0.2, 0.25) is 11.8 Å². The van der Waals surface area contributed by atoms with Crippen molar-refractivity contribution in [2.45, 2.75) is 26.2 Å². The molecule has 1 fully saturated rings. The Labute approximate surface area is 141 Å². The summed E-state index contributed by atoms with van der Waals surface area (Å²) < 4.78 is 0. The predicted octanol–water partition coefficient (Wildman–Crippen LogP) is 2.65. The number of hydrogen-bond acceptors (Lipinski definition) is 3. The van der Waals surface area contributed by atoms with Crippen LogP contribution in [0.5, 0.6) is 0 Å². The molecule has 3 rings (SSSR count). The van der Waals surface area contributed by atoms with Crippen molar-refractivity contribution in [3.8, 4) is 0 Å². The maximum absolute atomic E-state index is 12.2. The van der Waals surface area contributed by atoms with Crippen LogP contribution in [0.15, 0.2) is 42.7 Å². The summed E-state index contributed by atoms with van der Waals surface area (Å²) in [6.07, 6.45) is 3.41. The van der Waals surface area contributed by atoms with Gasteiger partial charge in [-0.15, -0.1) is 0 Å². The van der Waals surface area contributed by atoms with Crippen molar-refractivity contribution in [2.24, 2.45) is 0 Å². The molecule has 2 amide bonds. The summed E-state index contributed by atoms with van der Waals surface area (Å²) in [5.74, 6) is -0.0387. The molecule has 0 aliphatic carbocycles. The molecule has 5 heteroatoms. The van der Waals surface area contributed by atoms with Crippen LogP contribution in [-0.4, -0.2) is 34.8 Å². The molecule has 0 spiro atoms. The number of carbonyl (C=O) groups excluding carboxylic acids is 2. The molecule has 0 saturated carbocycles. The average molecular weight is 323 g/mol. The van der Waals surface area contributed by atoms with Gasteiger partial charge in [0.15, 0.2) is 0 Å². The third-order valence-corrected chi connectivity index (χ3v) is 4.60. The van der Waals surface area contributed by atoms with E-state index in [0.717, 1.165) is 16.8 Å². The Morgan fingerprint density at radius 2 is 1.88 bits per heavy atom. The molecule has 2 heterocycles. The van der Waals surface area contributed by atoms with Crippen LogP contribution in [0.3, 0.4) is 0 Å². The number of anilines is 1. The van der Waals surface area contributed by atoms with E-state index in [-0.39, 0.29) is 18.2 Å². The maximum atomic E-state index is 12.2. The number of benzene rings is 1. The van der Waals surface area contributed by atoms with Gasteiger partial charge in [-0.3, -0.25) is 14.6 Å². The summed E-state index contributed by atoms with van der Waals surface area (Å²) >= 11 is 0. The number of carbonyl (C=O) groups is 2. The van der Waals surface area contributed by atoms with Crippen LogP contribution in [-0.2, 0) is 9.59 Å². The van der Waals surface area contributed by atoms with Crippen molar-refractivity contribution in [1.82, 2.24) is 9.88 Å². The van der Waals surface area contributed by atoms with E-state index >= 15 is 0 Å². The molecule has 5 nitrogen and oxygen atoms in total. The fourth-order valence-corrected chi connectivity index (χ4v) is 2.86. The molecule has 1 aromatic carbocycles. The molecule has 0 atom stereocenters. The minimum Gasteiger partial charge on any atom is -0.341 e. The monoisotopic (exact) mass is 323 g/mol. The molecule has 124 valence electrons. The fraction of sp³-hybridized carbons (Fsp3) is 0.316. The Hall–Kier alpha value is -2.69. The summed E-state index contributed by atoms with van der Waals surface area (Å²) in [5.41, 5.74) is 4.10. The number of nitrogens with zero attached hydrogens (tertiary/aromatic N) is 2. The Kier molecular flexibility index (Phi) is 4.60. The highest BCUT2D eigenvalue weighted by Crippen LogP contribution is 2.27. The maximum Gasteiger partial charge on any atom is 0.233 e. The number of amides is 2. The summed E-state index contributed by atoms with van der Waals surface area (Å²) in [5, 5.41) is 2.83. The van der Waals surface area contributed by atoms with E-state index in [1.54, 1.807) is 17.3 Å². The van der Waals surface area contributed by atoms with Gasteiger partial charge in [-0.1, -0.05) is 12.1 Å². The van der Waals surface area contributed by atoms with Crippen LogP contribution < -0.4 is 5.32 Å². The molecule has 0 radical (unpaired) electrons. The first kappa shape index (κ1) is 16.2. The van der Waals surface area contributed by atoms with Gasteiger partial charge in [0, 0.05) is 37.1 Å². The van der Waals surface area contributed by atoms with Gasteiger partial charge >= 0.3 is 0 Å². The molecule has 1 N–H and O–H groups in total. The largest absolute Gasteiger partial charge is 0.341 e. The fourth-order valence-electron chi connectivity index (χ4n) is 2.86. The Bertz CT molecular complexity index is 752. The van der Waals surface area contributed by atoms with Crippen LogP contribution in [0.25, 0.3) is 0 Å². The Balaban J connectivity index is 1.51. The molecular weight excluding hydrogens is 302 g/mol.